The van der Waals surface area contributed by atoms with Crippen LogP contribution in [-0.2, 0) is 4.79 Å². The van der Waals surface area contributed by atoms with Crippen LogP contribution in [0.25, 0.3) is 0 Å². The van der Waals surface area contributed by atoms with Crippen molar-refractivity contribution < 1.29 is 9.28 Å². The molecule has 0 N–H and O–H groups in total. The number of hydrogen-bond acceptors (Lipinski definition) is 2. The highest BCUT2D eigenvalue weighted by Gasteiger charge is 2.37. The number of unbranched alkanes of at least 4 members (excludes halogenated alkanes) is 21. The van der Waals surface area contributed by atoms with Crippen molar-refractivity contribution in [3.63, 3.8) is 0 Å². The van der Waals surface area contributed by atoms with E-state index in [0.717, 1.165) is 25.1 Å². The summed E-state index contributed by atoms with van der Waals surface area (Å²) in [4.78, 5) is 17.6. The van der Waals surface area contributed by atoms with E-state index in [9.17, 15) is 4.79 Å². The van der Waals surface area contributed by atoms with E-state index in [1.807, 2.05) is 19.4 Å². The second-order valence-electron chi connectivity index (χ2n) is 11.2. The predicted molar refractivity (Wildman–Crippen MR) is 155 cm³/mol. The SMILES string of the molecule is CCCCCCCCCCCCCCCC1=NC=C[N+]1(C)C(=O)CCCCCCCCCCCC. The average molecular weight is 490 g/mol. The quantitative estimate of drug-likeness (QED) is 0.0926. The van der Waals surface area contributed by atoms with Gasteiger partial charge in [-0.2, -0.15) is 4.48 Å². The Labute approximate surface area is 219 Å². The number of carbonyl (C=O) groups is 1. The van der Waals surface area contributed by atoms with E-state index in [0.29, 0.717) is 16.8 Å². The Kier molecular flexibility index (Phi) is 20.4. The number of nitrogens with zero attached hydrogens (tertiary/aromatic N) is 2. The lowest BCUT2D eigenvalue weighted by Crippen LogP contribution is -2.47. The van der Waals surface area contributed by atoms with E-state index in [4.69, 9.17) is 0 Å². The third kappa shape index (κ3) is 15.7. The molecule has 0 saturated carbocycles. The molecule has 1 unspecified atom stereocenters. The van der Waals surface area contributed by atoms with Crippen LogP contribution in [-0.4, -0.2) is 23.3 Å². The molecule has 3 nitrogen and oxygen atoms in total. The first-order valence-electron chi connectivity index (χ1n) is 15.8. The third-order valence-corrected chi connectivity index (χ3v) is 7.89. The summed E-state index contributed by atoms with van der Waals surface area (Å²) in [5.41, 5.74) is 0. The van der Waals surface area contributed by atoms with Crippen LogP contribution < -0.4 is 0 Å². The Morgan fingerprint density at radius 1 is 0.600 bits per heavy atom. The topological polar surface area (TPSA) is 29.4 Å². The summed E-state index contributed by atoms with van der Waals surface area (Å²) >= 11 is 0. The van der Waals surface area contributed by atoms with Gasteiger partial charge in [0.05, 0.1) is 19.7 Å². The van der Waals surface area contributed by atoms with Crippen molar-refractivity contribution in [3.8, 4) is 0 Å². The molecule has 0 radical (unpaired) electrons. The van der Waals surface area contributed by atoms with Gasteiger partial charge in [-0.3, -0.25) is 0 Å². The van der Waals surface area contributed by atoms with Crippen molar-refractivity contribution in [2.45, 2.75) is 174 Å². The van der Waals surface area contributed by atoms with Gasteiger partial charge < -0.3 is 0 Å². The first-order valence-corrected chi connectivity index (χ1v) is 15.8. The molecule has 1 rings (SSSR count). The number of carbonyl (C=O) groups excluding carboxylic acids is 1. The minimum atomic E-state index is 0.326. The Morgan fingerprint density at radius 2 is 0.971 bits per heavy atom. The third-order valence-electron chi connectivity index (χ3n) is 7.89. The predicted octanol–water partition coefficient (Wildman–Crippen LogP) is 10.6. The molecule has 0 aromatic carbocycles. The fourth-order valence-electron chi connectivity index (χ4n) is 5.28. The Bertz CT molecular complexity index is 568. The van der Waals surface area contributed by atoms with Gasteiger partial charge in [0.15, 0.2) is 0 Å². The van der Waals surface area contributed by atoms with Gasteiger partial charge in [0, 0.05) is 6.42 Å². The lowest BCUT2D eigenvalue weighted by Gasteiger charge is -2.25. The van der Waals surface area contributed by atoms with E-state index in [1.165, 1.54) is 135 Å². The summed E-state index contributed by atoms with van der Waals surface area (Å²) in [5.74, 6) is 1.39. The zero-order chi connectivity index (χ0) is 25.5. The highest BCUT2D eigenvalue weighted by atomic mass is 16.2. The molecule has 0 aromatic rings. The minimum absolute atomic E-state index is 0.326. The van der Waals surface area contributed by atoms with Crippen LogP contribution in [0.4, 0.5) is 0 Å². The monoisotopic (exact) mass is 489 g/mol. The van der Waals surface area contributed by atoms with Gasteiger partial charge >= 0.3 is 5.91 Å². The van der Waals surface area contributed by atoms with E-state index in [1.54, 1.807) is 0 Å². The first kappa shape index (κ1) is 32.1. The summed E-state index contributed by atoms with van der Waals surface area (Å²) < 4.78 is 0.329. The molecular weight excluding hydrogens is 428 g/mol. The second-order valence-corrected chi connectivity index (χ2v) is 11.2. The minimum Gasteiger partial charge on any atom is -0.230 e. The van der Waals surface area contributed by atoms with Crippen molar-refractivity contribution in [1.29, 1.82) is 0 Å². The molecule has 0 saturated heterocycles. The molecule has 35 heavy (non-hydrogen) atoms. The van der Waals surface area contributed by atoms with Gasteiger partial charge in [-0.15, -0.1) is 0 Å². The molecular formula is C32H61N2O+. The summed E-state index contributed by atoms with van der Waals surface area (Å²) in [6.45, 7) is 4.56. The normalized spacial score (nSPS) is 17.3. The second kappa shape index (κ2) is 22.3. The van der Waals surface area contributed by atoms with E-state index >= 15 is 0 Å². The average Bonchev–Trinajstić information content (AvgIpc) is 3.24. The van der Waals surface area contributed by atoms with E-state index in [-0.39, 0.29) is 0 Å². The van der Waals surface area contributed by atoms with Crippen LogP contribution in [0.1, 0.15) is 174 Å². The van der Waals surface area contributed by atoms with Crippen molar-refractivity contribution in [1.82, 2.24) is 0 Å². The molecule has 3 heteroatoms. The van der Waals surface area contributed by atoms with Gasteiger partial charge in [0.25, 0.3) is 0 Å². The van der Waals surface area contributed by atoms with Crippen LogP contribution >= 0.6 is 0 Å². The highest BCUT2D eigenvalue weighted by Crippen LogP contribution is 2.22. The largest absolute Gasteiger partial charge is 0.324 e. The molecule has 1 amide bonds. The molecule has 1 atom stereocenters. The van der Waals surface area contributed by atoms with Crippen molar-refractivity contribution >= 4 is 11.7 Å². The maximum Gasteiger partial charge on any atom is 0.324 e. The Hall–Kier alpha value is -0.960. The highest BCUT2D eigenvalue weighted by molar-refractivity contribution is 5.90. The lowest BCUT2D eigenvalue weighted by atomic mass is 10.0. The standard InChI is InChI=1S/C32H61N2O/c1-4-6-8-10-12-14-16-17-18-19-21-23-25-27-31-33-29-30-34(31,3)32(35)28-26-24-22-20-15-13-11-9-7-5-2/h29-30H,4-28H2,1-3H3/q+1. The van der Waals surface area contributed by atoms with Crippen LogP contribution in [0, 0.1) is 0 Å². The molecule has 0 fully saturated rings. The summed E-state index contributed by atoms with van der Waals surface area (Å²) in [7, 11) is 2.04. The molecule has 204 valence electrons. The Morgan fingerprint density at radius 3 is 1.40 bits per heavy atom. The molecule has 1 aliphatic heterocycles. The van der Waals surface area contributed by atoms with Crippen LogP contribution in [0.5, 0.6) is 0 Å². The number of amidine groups is 1. The summed E-state index contributed by atoms with van der Waals surface area (Å²) in [5, 5.41) is 0. The first-order chi connectivity index (χ1) is 17.1. The maximum absolute atomic E-state index is 13.0. The molecule has 0 aliphatic carbocycles. The number of amides is 1. The van der Waals surface area contributed by atoms with Crippen molar-refractivity contribution in [2.75, 3.05) is 7.05 Å². The zero-order valence-electron chi connectivity index (χ0n) is 24.1. The number of quaternary nitrogens is 1. The Balaban J connectivity index is 2.02. The molecule has 0 spiro atoms. The van der Waals surface area contributed by atoms with Crippen molar-refractivity contribution in [2.24, 2.45) is 4.99 Å². The zero-order valence-corrected chi connectivity index (χ0v) is 24.1. The fraction of sp³-hybridized carbons (Fsp3) is 0.875. The van der Waals surface area contributed by atoms with Crippen LogP contribution in [0.3, 0.4) is 0 Å². The van der Waals surface area contributed by atoms with E-state index in [2.05, 4.69) is 18.8 Å². The smallest absolute Gasteiger partial charge is 0.230 e. The maximum atomic E-state index is 13.0. The van der Waals surface area contributed by atoms with Gasteiger partial charge in [-0.05, 0) is 12.8 Å². The summed E-state index contributed by atoms with van der Waals surface area (Å²) in [6, 6.07) is 0. The number of hydrogen-bond donors (Lipinski definition) is 0. The van der Waals surface area contributed by atoms with Gasteiger partial charge in [0.1, 0.15) is 6.20 Å². The van der Waals surface area contributed by atoms with E-state index < -0.39 is 0 Å². The van der Waals surface area contributed by atoms with Gasteiger partial charge in [0.2, 0.25) is 5.84 Å². The number of aliphatic imine (C=N–C) groups is 1. The lowest BCUT2D eigenvalue weighted by molar-refractivity contribution is -0.683. The molecule has 1 heterocycles. The summed E-state index contributed by atoms with van der Waals surface area (Å²) in [6.07, 6.45) is 36.4. The number of rotatable bonds is 25. The molecule has 0 aromatic heterocycles. The van der Waals surface area contributed by atoms with Crippen LogP contribution in [0.2, 0.25) is 0 Å². The molecule has 1 aliphatic rings. The van der Waals surface area contributed by atoms with Gasteiger partial charge in [-0.1, -0.05) is 149 Å². The van der Waals surface area contributed by atoms with Gasteiger partial charge in [-0.25, -0.2) is 9.79 Å². The van der Waals surface area contributed by atoms with Crippen LogP contribution in [0.15, 0.2) is 17.4 Å². The van der Waals surface area contributed by atoms with Crippen molar-refractivity contribution in [3.05, 3.63) is 12.4 Å². The fourth-order valence-corrected chi connectivity index (χ4v) is 5.28. The molecule has 0 bridgehead atoms.